The molecule has 0 unspecified atom stereocenters. The van der Waals surface area contributed by atoms with Gasteiger partial charge in [-0.15, -0.1) is 0 Å². The number of alkyl halides is 2. The summed E-state index contributed by atoms with van der Waals surface area (Å²) in [5, 5.41) is 0.828. The second-order valence-corrected chi connectivity index (χ2v) is 7.02. The normalized spacial score (nSPS) is 15.0. The summed E-state index contributed by atoms with van der Waals surface area (Å²) in [4.78, 5) is 25.6. The number of nitrogen functional groups attached to an aromatic ring is 1. The van der Waals surface area contributed by atoms with Crippen molar-refractivity contribution >= 4 is 22.6 Å². The fourth-order valence-electron chi connectivity index (χ4n) is 3.52. The van der Waals surface area contributed by atoms with Gasteiger partial charge in [0.25, 0.3) is 5.91 Å². The number of benzene rings is 2. The van der Waals surface area contributed by atoms with Crippen LogP contribution in [0.2, 0.25) is 0 Å². The first-order chi connectivity index (χ1) is 14.5. The molecule has 7 nitrogen and oxygen atoms in total. The lowest BCUT2D eigenvalue weighted by Gasteiger charge is -2.34. The number of rotatable bonds is 5. The highest BCUT2D eigenvalue weighted by atomic mass is 19.3. The molecule has 0 atom stereocenters. The molecule has 2 aromatic carbocycles. The van der Waals surface area contributed by atoms with Crippen LogP contribution in [0.25, 0.3) is 10.9 Å². The second-order valence-electron chi connectivity index (χ2n) is 7.02. The van der Waals surface area contributed by atoms with Crippen molar-refractivity contribution in [1.29, 1.82) is 0 Å². The zero-order chi connectivity index (χ0) is 21.1. The van der Waals surface area contributed by atoms with Crippen molar-refractivity contribution in [1.82, 2.24) is 19.8 Å². The number of amides is 1. The Morgan fingerprint density at radius 2 is 1.83 bits per heavy atom. The van der Waals surface area contributed by atoms with Crippen LogP contribution in [0.3, 0.4) is 0 Å². The first-order valence-corrected chi connectivity index (χ1v) is 9.57. The molecule has 1 fully saturated rings. The third-order valence-electron chi connectivity index (χ3n) is 5.01. The summed E-state index contributed by atoms with van der Waals surface area (Å²) >= 11 is 0. The quantitative estimate of drug-likeness (QED) is 0.693. The van der Waals surface area contributed by atoms with Gasteiger partial charge in [-0.25, -0.2) is 9.97 Å². The van der Waals surface area contributed by atoms with Gasteiger partial charge in [0, 0.05) is 37.1 Å². The highest BCUT2D eigenvalue weighted by molar-refractivity contribution is 5.94. The molecule has 1 aliphatic rings. The minimum absolute atomic E-state index is 0.0273. The maximum absolute atomic E-state index is 12.7. The number of ether oxygens (including phenoxy) is 1. The van der Waals surface area contributed by atoms with E-state index in [1.165, 1.54) is 18.2 Å². The maximum atomic E-state index is 12.7. The van der Waals surface area contributed by atoms with E-state index in [2.05, 4.69) is 19.6 Å². The highest BCUT2D eigenvalue weighted by Gasteiger charge is 2.23. The Bertz CT molecular complexity index is 1050. The first kappa shape index (κ1) is 20.0. The van der Waals surface area contributed by atoms with E-state index in [9.17, 15) is 13.6 Å². The fourth-order valence-corrected chi connectivity index (χ4v) is 3.52. The van der Waals surface area contributed by atoms with E-state index in [1.807, 2.05) is 24.3 Å². The Morgan fingerprint density at radius 3 is 2.60 bits per heavy atom. The molecule has 1 amide bonds. The highest BCUT2D eigenvalue weighted by Crippen LogP contribution is 2.20. The third-order valence-corrected chi connectivity index (χ3v) is 5.01. The van der Waals surface area contributed by atoms with Gasteiger partial charge >= 0.3 is 6.61 Å². The number of anilines is 1. The Morgan fingerprint density at radius 1 is 1.07 bits per heavy atom. The lowest BCUT2D eigenvalue weighted by atomic mass is 10.1. The van der Waals surface area contributed by atoms with Gasteiger partial charge in [0.2, 0.25) is 0 Å². The average molecular weight is 413 g/mol. The fraction of sp³-hybridized carbons (Fsp3) is 0.286. The monoisotopic (exact) mass is 413 g/mol. The van der Waals surface area contributed by atoms with Gasteiger partial charge in [0.1, 0.15) is 17.4 Å². The van der Waals surface area contributed by atoms with Crippen LogP contribution in [0.5, 0.6) is 5.75 Å². The average Bonchev–Trinajstić information content (AvgIpc) is 2.73. The number of hydrogen-bond donors (Lipinski definition) is 1. The summed E-state index contributed by atoms with van der Waals surface area (Å²) < 4.78 is 29.2. The molecule has 156 valence electrons. The molecule has 1 saturated heterocycles. The van der Waals surface area contributed by atoms with E-state index in [-0.39, 0.29) is 11.7 Å². The molecule has 0 saturated carbocycles. The van der Waals surface area contributed by atoms with Crippen LogP contribution in [-0.4, -0.2) is 58.5 Å². The predicted octanol–water partition coefficient (Wildman–Crippen LogP) is 2.77. The molecule has 0 spiro atoms. The molecule has 0 aliphatic carbocycles. The SMILES string of the molecule is Nc1nc(CN2CCN(C(=O)c3cccc(OC(F)F)c3)CC2)nc2ccccc12. The van der Waals surface area contributed by atoms with Crippen LogP contribution in [0, 0.1) is 0 Å². The lowest BCUT2D eigenvalue weighted by Crippen LogP contribution is -2.48. The summed E-state index contributed by atoms with van der Waals surface area (Å²) in [6.45, 7) is -0.0620. The topological polar surface area (TPSA) is 84.6 Å². The molecular weight excluding hydrogens is 392 g/mol. The van der Waals surface area contributed by atoms with Gasteiger partial charge in [-0.2, -0.15) is 8.78 Å². The number of piperazine rings is 1. The van der Waals surface area contributed by atoms with Crippen molar-refractivity contribution in [3.8, 4) is 5.75 Å². The lowest BCUT2D eigenvalue weighted by molar-refractivity contribution is -0.0499. The number of para-hydroxylation sites is 1. The maximum Gasteiger partial charge on any atom is 0.387 e. The van der Waals surface area contributed by atoms with Crippen molar-refractivity contribution < 1.29 is 18.3 Å². The Hall–Kier alpha value is -3.33. The molecule has 30 heavy (non-hydrogen) atoms. The first-order valence-electron chi connectivity index (χ1n) is 9.57. The number of nitrogens with zero attached hydrogens (tertiary/aromatic N) is 4. The van der Waals surface area contributed by atoms with E-state index < -0.39 is 6.61 Å². The van der Waals surface area contributed by atoms with E-state index in [0.717, 1.165) is 10.9 Å². The summed E-state index contributed by atoms with van der Waals surface area (Å²) in [6.07, 6.45) is 0. The van der Waals surface area contributed by atoms with E-state index in [4.69, 9.17) is 5.73 Å². The number of nitrogens with two attached hydrogens (primary N) is 1. The zero-order valence-electron chi connectivity index (χ0n) is 16.2. The molecule has 2 N–H and O–H groups in total. The molecule has 3 aromatic rings. The molecule has 0 bridgehead atoms. The molecule has 9 heteroatoms. The molecule has 1 aliphatic heterocycles. The summed E-state index contributed by atoms with van der Waals surface area (Å²) in [6, 6.07) is 13.5. The minimum Gasteiger partial charge on any atom is -0.435 e. The van der Waals surface area contributed by atoms with Crippen molar-refractivity contribution in [3.63, 3.8) is 0 Å². The Labute approximate surface area is 172 Å². The standard InChI is InChI=1S/C21H21F2N5O2/c22-21(23)30-15-5-3-4-14(12-15)20(29)28-10-8-27(9-11-28)13-18-25-17-7-2-1-6-16(17)19(24)26-18/h1-7,12,21H,8-11,13H2,(H2,24,25,26). The van der Waals surface area contributed by atoms with Gasteiger partial charge in [0.05, 0.1) is 12.1 Å². The Balaban J connectivity index is 1.38. The van der Waals surface area contributed by atoms with Crippen molar-refractivity contribution in [2.75, 3.05) is 31.9 Å². The third kappa shape index (κ3) is 4.46. The minimum atomic E-state index is -2.93. The number of carbonyl (C=O) groups is 1. The summed E-state index contributed by atoms with van der Waals surface area (Å²) in [5.41, 5.74) is 7.18. The van der Waals surface area contributed by atoms with Crippen LogP contribution < -0.4 is 10.5 Å². The van der Waals surface area contributed by atoms with Gasteiger partial charge in [-0.1, -0.05) is 18.2 Å². The number of halogens is 2. The molecule has 4 rings (SSSR count). The van der Waals surface area contributed by atoms with Crippen LogP contribution in [0.15, 0.2) is 48.5 Å². The molecule has 2 heterocycles. The van der Waals surface area contributed by atoms with Crippen molar-refractivity contribution in [3.05, 3.63) is 59.9 Å². The predicted molar refractivity (Wildman–Crippen MR) is 108 cm³/mol. The molecular formula is C21H21F2N5O2. The molecule has 0 radical (unpaired) electrons. The summed E-state index contributed by atoms with van der Waals surface area (Å²) in [7, 11) is 0. The largest absolute Gasteiger partial charge is 0.435 e. The summed E-state index contributed by atoms with van der Waals surface area (Å²) in [5.74, 6) is 0.860. The zero-order valence-corrected chi connectivity index (χ0v) is 16.2. The van der Waals surface area contributed by atoms with Gasteiger partial charge in [-0.05, 0) is 30.3 Å². The molecule has 1 aromatic heterocycles. The van der Waals surface area contributed by atoms with Crippen LogP contribution in [0.4, 0.5) is 14.6 Å². The van der Waals surface area contributed by atoms with Crippen LogP contribution in [-0.2, 0) is 6.54 Å². The number of carbonyl (C=O) groups excluding carboxylic acids is 1. The number of aromatic nitrogens is 2. The number of hydrogen-bond acceptors (Lipinski definition) is 6. The number of fused-ring (bicyclic) bond motifs is 1. The van der Waals surface area contributed by atoms with Gasteiger partial charge < -0.3 is 15.4 Å². The van der Waals surface area contributed by atoms with Crippen molar-refractivity contribution in [2.24, 2.45) is 0 Å². The van der Waals surface area contributed by atoms with Gasteiger partial charge in [0.15, 0.2) is 0 Å². The van der Waals surface area contributed by atoms with Gasteiger partial charge in [-0.3, -0.25) is 9.69 Å². The second kappa shape index (κ2) is 8.58. The van der Waals surface area contributed by atoms with E-state index in [0.29, 0.717) is 49.9 Å². The van der Waals surface area contributed by atoms with E-state index >= 15 is 0 Å². The van der Waals surface area contributed by atoms with Crippen LogP contribution >= 0.6 is 0 Å². The van der Waals surface area contributed by atoms with Crippen LogP contribution in [0.1, 0.15) is 16.2 Å². The van der Waals surface area contributed by atoms with Crippen molar-refractivity contribution in [2.45, 2.75) is 13.2 Å². The smallest absolute Gasteiger partial charge is 0.387 e. The Kier molecular flexibility index (Phi) is 5.71. The van der Waals surface area contributed by atoms with E-state index in [1.54, 1.807) is 11.0 Å².